The number of unbranched alkanes of at least 4 members (excludes halogenated alkanes) is 1. The fourth-order valence-electron chi connectivity index (χ4n) is 8.38. The molecule has 0 spiro atoms. The molecule has 9 atom stereocenters. The van der Waals surface area contributed by atoms with E-state index < -0.39 is 139 Å². The predicted octanol–water partition coefficient (Wildman–Crippen LogP) is -1.11. The fraction of sp³-hybridized carbons (Fsp3) is 0.582. The first-order chi connectivity index (χ1) is 38.2. The number of carbonyl (C=O) groups is 11. The third-order valence-corrected chi connectivity index (χ3v) is 12.9. The van der Waals surface area contributed by atoms with Crippen LogP contribution in [0.25, 0.3) is 0 Å². The van der Waals surface area contributed by atoms with Crippen LogP contribution in [0.5, 0.6) is 5.75 Å². The number of phenols is 1. The van der Waals surface area contributed by atoms with Gasteiger partial charge < -0.3 is 75.3 Å². The van der Waals surface area contributed by atoms with Gasteiger partial charge in [0.15, 0.2) is 0 Å². The van der Waals surface area contributed by atoms with Gasteiger partial charge in [-0.05, 0) is 98.9 Å². The Morgan fingerprint density at radius 2 is 0.901 bits per heavy atom. The minimum Gasteiger partial charge on any atom is -0.508 e. The van der Waals surface area contributed by atoms with E-state index in [-0.39, 0.29) is 74.3 Å². The molecular weight excluding hydrogens is 1070 g/mol. The molecule has 0 aromatic heterocycles. The molecule has 0 radical (unpaired) electrons. The summed E-state index contributed by atoms with van der Waals surface area (Å²) < 4.78 is 4.83. The van der Waals surface area contributed by atoms with Gasteiger partial charge in [0.05, 0.1) is 19.6 Å². The molecule has 0 saturated carbocycles. The maximum absolute atomic E-state index is 14.5. The highest BCUT2D eigenvalue weighted by Crippen LogP contribution is 2.15. The Labute approximate surface area is 479 Å². The molecule has 2 aromatic rings. The number of primary amides is 2. The normalized spacial score (nSPS) is 14.5. The number of thiol groups is 1. The van der Waals surface area contributed by atoms with E-state index in [1.807, 2.05) is 32.0 Å². The van der Waals surface area contributed by atoms with Crippen molar-refractivity contribution in [1.82, 2.24) is 42.5 Å². The second-order valence-electron chi connectivity index (χ2n) is 21.2. The molecule has 450 valence electrons. The lowest BCUT2D eigenvalue weighted by Crippen LogP contribution is -2.61. The van der Waals surface area contributed by atoms with E-state index in [4.69, 9.17) is 27.7 Å². The minimum atomic E-state index is -1.61. The van der Waals surface area contributed by atoms with Crippen molar-refractivity contribution < 1.29 is 62.6 Å². The number of aromatic hydroxyl groups is 1. The minimum absolute atomic E-state index is 0.0194. The fourth-order valence-corrected chi connectivity index (χ4v) is 8.63. The van der Waals surface area contributed by atoms with E-state index in [0.29, 0.717) is 18.4 Å². The molecule has 2 rings (SSSR count). The Bertz CT molecular complexity index is 2410. The molecule has 0 aliphatic carbocycles. The van der Waals surface area contributed by atoms with Crippen LogP contribution in [-0.4, -0.2) is 144 Å². The van der Waals surface area contributed by atoms with Crippen molar-refractivity contribution in [2.45, 2.75) is 167 Å². The summed E-state index contributed by atoms with van der Waals surface area (Å²) in [6, 6.07) is 2.58. The average molecular weight is 1160 g/mol. The number of ether oxygens (including phenoxy) is 1. The molecule has 17 N–H and O–H groups in total. The number of nitrogens with one attached hydrogen (secondary N) is 8. The van der Waals surface area contributed by atoms with E-state index in [9.17, 15) is 57.8 Å². The number of hydrogen-bond donors (Lipinski definition) is 14. The lowest BCUT2D eigenvalue weighted by molar-refractivity contribution is -0.146. The first-order valence-electron chi connectivity index (χ1n) is 27.1. The van der Waals surface area contributed by atoms with Crippen LogP contribution in [0.1, 0.15) is 110 Å². The van der Waals surface area contributed by atoms with Crippen LogP contribution in [-0.2, 0) is 70.3 Å². The van der Waals surface area contributed by atoms with Gasteiger partial charge in [-0.25, -0.2) is 4.79 Å². The smallest absolute Gasteiger partial charge is 0.328 e. The second-order valence-corrected chi connectivity index (χ2v) is 21.6. The average Bonchev–Trinajstić information content (AvgIpc) is 3.39. The zero-order valence-electron chi connectivity index (χ0n) is 47.4. The number of carbonyl (C=O) groups excluding carboxylic acids is 11. The number of hydrogen-bond acceptors (Lipinski definition) is 16. The Morgan fingerprint density at radius 1 is 0.494 bits per heavy atom. The summed E-state index contributed by atoms with van der Waals surface area (Å²) in [4.78, 5) is 149. The Kier molecular flexibility index (Phi) is 31.1. The van der Waals surface area contributed by atoms with Gasteiger partial charge in [-0.2, -0.15) is 12.6 Å². The highest BCUT2D eigenvalue weighted by Gasteiger charge is 2.36. The quantitative estimate of drug-likeness (QED) is 0.0217. The second kappa shape index (κ2) is 36.1. The molecule has 0 aliphatic rings. The van der Waals surface area contributed by atoms with Crippen LogP contribution in [0.3, 0.4) is 0 Å². The third-order valence-electron chi connectivity index (χ3n) is 12.6. The highest BCUT2D eigenvalue weighted by molar-refractivity contribution is 7.80. The third kappa shape index (κ3) is 26.7. The van der Waals surface area contributed by atoms with Crippen LogP contribution >= 0.6 is 12.6 Å². The number of benzene rings is 2. The SMILES string of the molecule is COC(=O)[C@H](CC(C)C)NC(=O)[C@H](CC(N)=O)NC(=O)[C@H](CC(C)C)NC(=O)[C@H](Cc1ccc(O)cc1)NC(=O)[C@H](CCC(N)=O)NC(=O)[C@H](CCCCN)NC(=O)[C@H](CS)NC(=O)[C@H](CC(C)C)NC(=O)[C@@H](N)Cc1ccccc1. The van der Waals surface area contributed by atoms with Crippen molar-refractivity contribution >= 4 is 77.7 Å². The van der Waals surface area contributed by atoms with Gasteiger partial charge in [0, 0.05) is 18.6 Å². The van der Waals surface area contributed by atoms with Crippen LogP contribution in [0.4, 0.5) is 0 Å². The van der Waals surface area contributed by atoms with Gasteiger partial charge in [-0.1, -0.05) is 84.0 Å². The number of phenolic OH excluding ortho intramolecular Hbond substituents is 1. The largest absolute Gasteiger partial charge is 0.508 e. The molecular formula is C55H86N12O13S. The lowest BCUT2D eigenvalue weighted by atomic mass is 9.99. The first-order valence-corrected chi connectivity index (χ1v) is 27.8. The van der Waals surface area contributed by atoms with Crippen molar-refractivity contribution in [3.8, 4) is 5.75 Å². The Hall–Kier alpha value is -7.32. The van der Waals surface area contributed by atoms with Gasteiger partial charge in [-0.15, -0.1) is 0 Å². The van der Waals surface area contributed by atoms with Crippen LogP contribution < -0.4 is 65.5 Å². The van der Waals surface area contributed by atoms with Gasteiger partial charge >= 0.3 is 5.97 Å². The van der Waals surface area contributed by atoms with Crippen LogP contribution in [0, 0.1) is 17.8 Å². The van der Waals surface area contributed by atoms with Gasteiger partial charge in [-0.3, -0.25) is 47.9 Å². The van der Waals surface area contributed by atoms with Gasteiger partial charge in [0.2, 0.25) is 59.1 Å². The van der Waals surface area contributed by atoms with E-state index in [2.05, 4.69) is 55.2 Å². The van der Waals surface area contributed by atoms with Crippen LogP contribution in [0.2, 0.25) is 0 Å². The number of methoxy groups -OCH3 is 1. The molecule has 26 heteroatoms. The summed E-state index contributed by atoms with van der Waals surface area (Å²) in [5.74, 6) is -10.3. The Balaban J connectivity index is 2.48. The van der Waals surface area contributed by atoms with E-state index >= 15 is 0 Å². The Morgan fingerprint density at radius 3 is 1.40 bits per heavy atom. The molecule has 0 fully saturated rings. The highest BCUT2D eigenvalue weighted by atomic mass is 32.1. The van der Waals surface area contributed by atoms with Crippen molar-refractivity contribution in [3.63, 3.8) is 0 Å². The molecule has 81 heavy (non-hydrogen) atoms. The summed E-state index contributed by atoms with van der Waals surface area (Å²) >= 11 is 4.30. The van der Waals surface area contributed by atoms with Crippen molar-refractivity contribution in [2.75, 3.05) is 19.4 Å². The first kappa shape index (κ1) is 69.8. The van der Waals surface area contributed by atoms with Crippen molar-refractivity contribution in [2.24, 2.45) is 40.7 Å². The zero-order valence-corrected chi connectivity index (χ0v) is 48.3. The topological polar surface area (TPSA) is 418 Å². The predicted molar refractivity (Wildman–Crippen MR) is 305 cm³/mol. The van der Waals surface area contributed by atoms with E-state index in [1.165, 1.54) is 24.3 Å². The molecule has 0 aliphatic heterocycles. The zero-order chi connectivity index (χ0) is 60.9. The molecule has 0 saturated heterocycles. The molecule has 0 unspecified atom stereocenters. The number of esters is 1. The molecule has 2 aromatic carbocycles. The van der Waals surface area contributed by atoms with E-state index in [0.717, 1.165) is 12.7 Å². The molecule has 10 amide bonds. The maximum Gasteiger partial charge on any atom is 0.328 e. The van der Waals surface area contributed by atoms with Crippen molar-refractivity contribution in [1.29, 1.82) is 0 Å². The summed E-state index contributed by atoms with van der Waals surface area (Å²) in [5, 5.41) is 30.7. The standard InChI is InChI=1S/C55H86N12O13S/c1-30(2)23-39(62-47(71)36(57)26-33-13-9-8-10-14-33)51(75)67-44(29-81)54(78)60-37(15-11-12-22-56)48(72)61-38(20-21-45(58)69)49(73)64-41(27-34-16-18-35(68)19-17-34)52(76)63-40(24-31(3)4)50(74)65-42(28-46(59)70)53(77)66-43(25-32(5)6)55(79)80-7/h8-10,13-14,16-19,30-32,36-44,68,81H,11-12,15,20-29,56-57H2,1-7H3,(H2,58,69)(H2,59,70)(H,60,78)(H,61,72)(H,62,71)(H,63,76)(H,64,73)(H,65,74)(H,66,77)(H,67,75)/t36-,37-,38-,39-,40-,41-,42-,43-,44-/m0/s1. The van der Waals surface area contributed by atoms with Gasteiger partial charge in [0.25, 0.3) is 0 Å². The summed E-state index contributed by atoms with van der Waals surface area (Å²) in [6.07, 6.45) is -0.594. The van der Waals surface area contributed by atoms with Crippen molar-refractivity contribution in [3.05, 3.63) is 65.7 Å². The molecule has 0 heterocycles. The number of amides is 10. The number of nitrogens with two attached hydrogens (primary N) is 4. The summed E-state index contributed by atoms with van der Waals surface area (Å²) in [5.41, 5.74) is 24.2. The summed E-state index contributed by atoms with van der Waals surface area (Å²) in [6.45, 7) is 11.0. The monoisotopic (exact) mass is 1150 g/mol. The van der Waals surface area contributed by atoms with Crippen LogP contribution in [0.15, 0.2) is 54.6 Å². The van der Waals surface area contributed by atoms with Gasteiger partial charge in [0.1, 0.15) is 54.1 Å². The number of rotatable bonds is 37. The van der Waals surface area contributed by atoms with E-state index in [1.54, 1.807) is 39.8 Å². The molecule has 25 nitrogen and oxygen atoms in total. The lowest BCUT2D eigenvalue weighted by Gasteiger charge is -2.28. The maximum atomic E-state index is 14.5. The summed E-state index contributed by atoms with van der Waals surface area (Å²) in [7, 11) is 1.13. The molecule has 0 bridgehead atoms.